The van der Waals surface area contributed by atoms with Gasteiger partial charge in [0.25, 0.3) is 5.91 Å². The maximum absolute atomic E-state index is 12.1. The number of anilines is 1. The molecule has 0 saturated carbocycles. The van der Waals surface area contributed by atoms with Gasteiger partial charge in [0.15, 0.2) is 11.5 Å². The molecule has 0 aromatic heterocycles. The summed E-state index contributed by atoms with van der Waals surface area (Å²) in [6.45, 7) is 0.359. The van der Waals surface area contributed by atoms with Crippen molar-refractivity contribution in [1.29, 1.82) is 0 Å². The number of hydrogen-bond donors (Lipinski definition) is 4. The molecule has 2 aromatic rings. The molecule has 0 unspecified atom stereocenters. The molecule has 0 atom stereocenters. The third-order valence-corrected chi connectivity index (χ3v) is 3.01. The van der Waals surface area contributed by atoms with Crippen LogP contribution in [0.2, 0.25) is 0 Å². The molecular formula is C15H16N2O4. The summed E-state index contributed by atoms with van der Waals surface area (Å²) >= 11 is 0. The highest BCUT2D eigenvalue weighted by molar-refractivity contribution is 6.07. The zero-order chi connectivity index (χ0) is 15.4. The van der Waals surface area contributed by atoms with Crippen molar-refractivity contribution in [2.45, 2.75) is 6.54 Å². The van der Waals surface area contributed by atoms with E-state index in [1.54, 1.807) is 18.2 Å². The minimum absolute atomic E-state index is 0.0278. The van der Waals surface area contributed by atoms with Crippen molar-refractivity contribution in [3.63, 3.8) is 0 Å². The molecule has 0 heterocycles. The van der Waals surface area contributed by atoms with E-state index in [2.05, 4.69) is 5.32 Å². The highest BCUT2D eigenvalue weighted by Crippen LogP contribution is 2.30. The normalized spacial score (nSPS) is 10.2. The number of ether oxygens (including phenoxy) is 1. The molecule has 110 valence electrons. The first-order valence-electron chi connectivity index (χ1n) is 6.26. The van der Waals surface area contributed by atoms with E-state index in [0.717, 1.165) is 5.56 Å². The van der Waals surface area contributed by atoms with Gasteiger partial charge in [0.05, 0.1) is 18.4 Å². The number of aromatic hydroxyl groups is 2. The number of rotatable bonds is 4. The Labute approximate surface area is 121 Å². The van der Waals surface area contributed by atoms with Gasteiger partial charge in [-0.3, -0.25) is 4.79 Å². The SMILES string of the molecule is COc1cc(CN)ccc1NC(=O)c1cccc(O)c1O. The van der Waals surface area contributed by atoms with Crippen molar-refractivity contribution >= 4 is 11.6 Å². The summed E-state index contributed by atoms with van der Waals surface area (Å²) in [6, 6.07) is 9.32. The van der Waals surface area contributed by atoms with Gasteiger partial charge in [-0.2, -0.15) is 0 Å². The molecule has 0 aliphatic rings. The van der Waals surface area contributed by atoms with E-state index >= 15 is 0 Å². The monoisotopic (exact) mass is 288 g/mol. The molecule has 0 radical (unpaired) electrons. The van der Waals surface area contributed by atoms with Crippen LogP contribution >= 0.6 is 0 Å². The van der Waals surface area contributed by atoms with Crippen molar-refractivity contribution in [1.82, 2.24) is 0 Å². The molecule has 0 aliphatic carbocycles. The molecule has 21 heavy (non-hydrogen) atoms. The second-order valence-corrected chi connectivity index (χ2v) is 4.37. The molecule has 0 spiro atoms. The number of hydrogen-bond acceptors (Lipinski definition) is 5. The van der Waals surface area contributed by atoms with Gasteiger partial charge in [0, 0.05) is 6.54 Å². The van der Waals surface area contributed by atoms with Crippen LogP contribution in [0.1, 0.15) is 15.9 Å². The number of phenols is 2. The number of amides is 1. The lowest BCUT2D eigenvalue weighted by Crippen LogP contribution is -2.13. The Morgan fingerprint density at radius 1 is 1.29 bits per heavy atom. The highest BCUT2D eigenvalue weighted by Gasteiger charge is 2.15. The summed E-state index contributed by atoms with van der Waals surface area (Å²) in [6.07, 6.45) is 0. The minimum atomic E-state index is -0.554. The van der Waals surface area contributed by atoms with Crippen LogP contribution < -0.4 is 15.8 Å². The Morgan fingerprint density at radius 3 is 2.71 bits per heavy atom. The minimum Gasteiger partial charge on any atom is -0.504 e. The van der Waals surface area contributed by atoms with Gasteiger partial charge < -0.3 is 26.0 Å². The topological polar surface area (TPSA) is 105 Å². The zero-order valence-electron chi connectivity index (χ0n) is 11.5. The first-order chi connectivity index (χ1) is 10.1. The largest absolute Gasteiger partial charge is 0.504 e. The number of carbonyl (C=O) groups excluding carboxylic acids is 1. The molecule has 2 rings (SSSR count). The summed E-state index contributed by atoms with van der Waals surface area (Å²) in [7, 11) is 1.48. The van der Waals surface area contributed by atoms with Gasteiger partial charge >= 0.3 is 0 Å². The summed E-state index contributed by atoms with van der Waals surface area (Å²) in [4.78, 5) is 12.1. The van der Waals surface area contributed by atoms with E-state index in [1.807, 2.05) is 0 Å². The number of phenolic OH excluding ortho intramolecular Hbond substituents is 2. The van der Waals surface area contributed by atoms with Crippen LogP contribution in [0.5, 0.6) is 17.2 Å². The predicted molar refractivity (Wildman–Crippen MR) is 78.6 cm³/mol. The molecule has 6 nitrogen and oxygen atoms in total. The van der Waals surface area contributed by atoms with Crippen LogP contribution in [0.4, 0.5) is 5.69 Å². The molecule has 5 N–H and O–H groups in total. The molecule has 1 amide bonds. The second-order valence-electron chi connectivity index (χ2n) is 4.37. The molecule has 2 aromatic carbocycles. The fourth-order valence-electron chi connectivity index (χ4n) is 1.87. The Balaban J connectivity index is 2.29. The zero-order valence-corrected chi connectivity index (χ0v) is 11.5. The number of nitrogens with one attached hydrogen (secondary N) is 1. The summed E-state index contributed by atoms with van der Waals surface area (Å²) < 4.78 is 5.20. The summed E-state index contributed by atoms with van der Waals surface area (Å²) in [5.74, 6) is -0.909. The number of carbonyl (C=O) groups is 1. The van der Waals surface area contributed by atoms with Crippen LogP contribution in [-0.4, -0.2) is 23.2 Å². The highest BCUT2D eigenvalue weighted by atomic mass is 16.5. The lowest BCUT2D eigenvalue weighted by molar-refractivity contribution is 0.102. The number of benzene rings is 2. The van der Waals surface area contributed by atoms with Crippen molar-refractivity contribution in [2.75, 3.05) is 12.4 Å². The van der Waals surface area contributed by atoms with Crippen molar-refractivity contribution < 1.29 is 19.7 Å². The van der Waals surface area contributed by atoms with Crippen LogP contribution in [-0.2, 0) is 6.54 Å². The summed E-state index contributed by atoms with van der Waals surface area (Å²) in [5, 5.41) is 21.7. The number of para-hydroxylation sites is 1. The van der Waals surface area contributed by atoms with Crippen molar-refractivity contribution in [3.05, 3.63) is 47.5 Å². The molecule has 0 bridgehead atoms. The average Bonchev–Trinajstić information content (AvgIpc) is 2.50. The fraction of sp³-hybridized carbons (Fsp3) is 0.133. The third-order valence-electron chi connectivity index (χ3n) is 3.01. The number of methoxy groups -OCH3 is 1. The van der Waals surface area contributed by atoms with Gasteiger partial charge in [-0.15, -0.1) is 0 Å². The summed E-state index contributed by atoms with van der Waals surface area (Å²) in [5.41, 5.74) is 6.83. The Morgan fingerprint density at radius 2 is 2.05 bits per heavy atom. The third kappa shape index (κ3) is 3.06. The van der Waals surface area contributed by atoms with E-state index < -0.39 is 11.7 Å². The Hall–Kier alpha value is -2.73. The Kier molecular flexibility index (Phi) is 4.30. The van der Waals surface area contributed by atoms with Crippen molar-refractivity contribution in [3.8, 4) is 17.2 Å². The van der Waals surface area contributed by atoms with E-state index in [9.17, 15) is 15.0 Å². The molecule has 0 aliphatic heterocycles. The average molecular weight is 288 g/mol. The van der Waals surface area contributed by atoms with Crippen LogP contribution in [0.25, 0.3) is 0 Å². The van der Waals surface area contributed by atoms with Gasteiger partial charge in [-0.25, -0.2) is 0 Å². The molecule has 6 heteroatoms. The molecule has 0 fully saturated rings. The van der Waals surface area contributed by atoms with E-state index in [4.69, 9.17) is 10.5 Å². The van der Waals surface area contributed by atoms with Gasteiger partial charge in [0.1, 0.15) is 5.75 Å². The van der Waals surface area contributed by atoms with Gasteiger partial charge in [0.2, 0.25) is 0 Å². The first kappa shape index (κ1) is 14.7. The van der Waals surface area contributed by atoms with Crippen LogP contribution in [0.15, 0.2) is 36.4 Å². The van der Waals surface area contributed by atoms with Crippen molar-refractivity contribution in [2.24, 2.45) is 5.73 Å². The second kappa shape index (κ2) is 6.15. The Bertz CT molecular complexity index is 671. The van der Waals surface area contributed by atoms with Crippen LogP contribution in [0.3, 0.4) is 0 Å². The first-order valence-corrected chi connectivity index (χ1v) is 6.26. The standard InChI is InChI=1S/C15H16N2O4/c1-21-13-7-9(8-16)5-6-11(13)17-15(20)10-3-2-4-12(18)14(10)19/h2-7,18-19H,8,16H2,1H3,(H,17,20). The predicted octanol–water partition coefficient (Wildman–Crippen LogP) is 1.82. The smallest absolute Gasteiger partial charge is 0.259 e. The molecular weight excluding hydrogens is 272 g/mol. The van der Waals surface area contributed by atoms with E-state index in [-0.39, 0.29) is 11.3 Å². The lowest BCUT2D eigenvalue weighted by atomic mass is 10.1. The fourth-order valence-corrected chi connectivity index (χ4v) is 1.87. The van der Waals surface area contributed by atoms with E-state index in [1.165, 1.54) is 25.3 Å². The van der Waals surface area contributed by atoms with Gasteiger partial charge in [-0.05, 0) is 29.8 Å². The van der Waals surface area contributed by atoms with Gasteiger partial charge in [-0.1, -0.05) is 12.1 Å². The van der Waals surface area contributed by atoms with Crippen LogP contribution in [0, 0.1) is 0 Å². The maximum Gasteiger partial charge on any atom is 0.259 e. The maximum atomic E-state index is 12.1. The lowest BCUT2D eigenvalue weighted by Gasteiger charge is -2.12. The number of nitrogens with two attached hydrogens (primary N) is 1. The molecule has 0 saturated heterocycles. The quantitative estimate of drug-likeness (QED) is 0.642. The van der Waals surface area contributed by atoms with E-state index in [0.29, 0.717) is 18.0 Å².